The first-order chi connectivity index (χ1) is 8.65. The number of anilines is 1. The highest BCUT2D eigenvalue weighted by molar-refractivity contribution is 9.10. The molecule has 1 aromatic heterocycles. The molecule has 0 radical (unpaired) electrons. The minimum absolute atomic E-state index is 0.149. The first kappa shape index (κ1) is 12.6. The zero-order valence-electron chi connectivity index (χ0n) is 9.47. The quantitative estimate of drug-likeness (QED) is 0.699. The van der Waals surface area contributed by atoms with Crippen molar-refractivity contribution >= 4 is 27.6 Å². The Balaban J connectivity index is 1.96. The van der Waals surface area contributed by atoms with Crippen LogP contribution < -0.4 is 5.73 Å². The summed E-state index contributed by atoms with van der Waals surface area (Å²) in [5, 5.41) is 0. The maximum absolute atomic E-state index is 11.7. The fourth-order valence-electron chi connectivity index (χ4n) is 1.33. The van der Waals surface area contributed by atoms with E-state index in [2.05, 4.69) is 20.9 Å². The zero-order chi connectivity index (χ0) is 13.0. The largest absolute Gasteiger partial charge is 0.456 e. The number of carbonyl (C=O) groups is 1. The average Bonchev–Trinajstić information content (AvgIpc) is 2.38. The van der Waals surface area contributed by atoms with Gasteiger partial charge in [-0.15, -0.1) is 0 Å². The van der Waals surface area contributed by atoms with E-state index in [1.54, 1.807) is 36.5 Å². The Morgan fingerprint density at radius 2 is 1.94 bits per heavy atom. The molecule has 0 unspecified atom stereocenters. The third kappa shape index (κ3) is 3.30. The van der Waals surface area contributed by atoms with Crippen molar-refractivity contribution in [2.24, 2.45) is 0 Å². The number of nitrogens with zero attached hydrogens (tertiary/aromatic N) is 1. The predicted octanol–water partition coefficient (Wildman–Crippen LogP) is 2.78. The van der Waals surface area contributed by atoms with Gasteiger partial charge >= 0.3 is 5.97 Å². The van der Waals surface area contributed by atoms with Crippen LogP contribution in [0, 0.1) is 0 Å². The maximum atomic E-state index is 11.7. The number of rotatable bonds is 3. The summed E-state index contributed by atoms with van der Waals surface area (Å²) < 4.78 is 6.02. The number of esters is 1. The highest BCUT2D eigenvalue weighted by Gasteiger charge is 2.07. The van der Waals surface area contributed by atoms with Crippen LogP contribution in [-0.4, -0.2) is 11.0 Å². The summed E-state index contributed by atoms with van der Waals surface area (Å²) in [5.74, 6) is -0.389. The highest BCUT2D eigenvalue weighted by Crippen LogP contribution is 2.10. The molecule has 0 fully saturated rings. The smallest absolute Gasteiger partial charge is 0.338 e. The number of hydrogen-bond acceptors (Lipinski definition) is 4. The van der Waals surface area contributed by atoms with Crippen molar-refractivity contribution in [3.63, 3.8) is 0 Å². The van der Waals surface area contributed by atoms with E-state index in [1.807, 2.05) is 6.07 Å². The fraction of sp³-hybridized carbons (Fsp3) is 0.0769. The van der Waals surface area contributed by atoms with Crippen LogP contribution in [0.4, 0.5) is 5.69 Å². The fourth-order valence-corrected chi connectivity index (χ4v) is 1.57. The lowest BCUT2D eigenvalue weighted by Crippen LogP contribution is -2.06. The first-order valence-corrected chi connectivity index (χ1v) is 6.07. The Morgan fingerprint density at radius 3 is 2.56 bits per heavy atom. The molecule has 1 aromatic carbocycles. The number of nitrogen functional groups attached to an aromatic ring is 1. The molecule has 0 bridgehead atoms. The summed E-state index contributed by atoms with van der Waals surface area (Å²) in [5.41, 5.74) is 7.32. The highest BCUT2D eigenvalue weighted by atomic mass is 79.9. The standard InChI is InChI=1S/C13H11BrN2O2/c14-10-3-6-12(16-7-10)8-18-13(17)9-1-4-11(15)5-2-9/h1-7H,8,15H2. The lowest BCUT2D eigenvalue weighted by atomic mass is 10.2. The first-order valence-electron chi connectivity index (χ1n) is 5.28. The van der Waals surface area contributed by atoms with Crippen LogP contribution in [0.2, 0.25) is 0 Å². The molecule has 0 saturated carbocycles. The Bertz CT molecular complexity index is 538. The second-order valence-corrected chi connectivity index (χ2v) is 4.58. The minimum atomic E-state index is -0.389. The normalized spacial score (nSPS) is 10.1. The third-order valence-electron chi connectivity index (χ3n) is 2.29. The number of benzene rings is 1. The van der Waals surface area contributed by atoms with E-state index < -0.39 is 0 Å². The van der Waals surface area contributed by atoms with E-state index in [0.29, 0.717) is 16.9 Å². The molecule has 18 heavy (non-hydrogen) atoms. The maximum Gasteiger partial charge on any atom is 0.338 e. The van der Waals surface area contributed by atoms with Gasteiger partial charge < -0.3 is 10.5 Å². The van der Waals surface area contributed by atoms with Gasteiger partial charge in [-0.3, -0.25) is 4.98 Å². The molecule has 0 aliphatic carbocycles. The van der Waals surface area contributed by atoms with E-state index in [1.165, 1.54) is 0 Å². The minimum Gasteiger partial charge on any atom is -0.456 e. The SMILES string of the molecule is Nc1ccc(C(=O)OCc2ccc(Br)cn2)cc1. The number of carbonyl (C=O) groups excluding carboxylic acids is 1. The molecule has 0 amide bonds. The van der Waals surface area contributed by atoms with Crippen LogP contribution in [0.5, 0.6) is 0 Å². The number of ether oxygens (including phenoxy) is 1. The van der Waals surface area contributed by atoms with E-state index in [4.69, 9.17) is 10.5 Å². The summed E-state index contributed by atoms with van der Waals surface area (Å²) in [4.78, 5) is 15.8. The summed E-state index contributed by atoms with van der Waals surface area (Å²) >= 11 is 3.29. The van der Waals surface area contributed by atoms with Gasteiger partial charge in [-0.1, -0.05) is 0 Å². The van der Waals surface area contributed by atoms with Gasteiger partial charge in [0.15, 0.2) is 0 Å². The molecule has 0 saturated heterocycles. The monoisotopic (exact) mass is 306 g/mol. The van der Waals surface area contributed by atoms with Gasteiger partial charge in [0.05, 0.1) is 11.3 Å². The van der Waals surface area contributed by atoms with Crippen LogP contribution in [-0.2, 0) is 11.3 Å². The van der Waals surface area contributed by atoms with E-state index in [9.17, 15) is 4.79 Å². The molecule has 2 aromatic rings. The Hall–Kier alpha value is -1.88. The van der Waals surface area contributed by atoms with Crippen molar-refractivity contribution in [1.82, 2.24) is 4.98 Å². The summed E-state index contributed by atoms with van der Waals surface area (Å²) in [7, 11) is 0. The van der Waals surface area contributed by atoms with Crippen molar-refractivity contribution in [2.45, 2.75) is 6.61 Å². The molecular formula is C13H11BrN2O2. The number of aromatic nitrogens is 1. The zero-order valence-corrected chi connectivity index (χ0v) is 11.1. The number of pyridine rings is 1. The molecular weight excluding hydrogens is 296 g/mol. The lowest BCUT2D eigenvalue weighted by Gasteiger charge is -2.04. The van der Waals surface area contributed by atoms with Gasteiger partial charge in [0, 0.05) is 16.4 Å². The Morgan fingerprint density at radius 1 is 1.22 bits per heavy atom. The van der Waals surface area contributed by atoms with E-state index in [-0.39, 0.29) is 12.6 Å². The number of hydrogen-bond donors (Lipinski definition) is 1. The van der Waals surface area contributed by atoms with Gasteiger partial charge in [-0.2, -0.15) is 0 Å². The van der Waals surface area contributed by atoms with Crippen LogP contribution in [0.1, 0.15) is 16.1 Å². The van der Waals surface area contributed by atoms with Crippen LogP contribution in [0.25, 0.3) is 0 Å². The predicted molar refractivity (Wildman–Crippen MR) is 71.9 cm³/mol. The van der Waals surface area contributed by atoms with E-state index >= 15 is 0 Å². The number of nitrogens with two attached hydrogens (primary N) is 1. The number of halogens is 1. The topological polar surface area (TPSA) is 65.2 Å². The van der Waals surface area contributed by atoms with Crippen LogP contribution >= 0.6 is 15.9 Å². The van der Waals surface area contributed by atoms with Gasteiger partial charge in [0.2, 0.25) is 0 Å². The molecule has 2 N–H and O–H groups in total. The molecule has 2 rings (SSSR count). The second kappa shape index (κ2) is 5.64. The molecule has 92 valence electrons. The van der Waals surface area contributed by atoms with Crippen LogP contribution in [0.15, 0.2) is 47.1 Å². The van der Waals surface area contributed by atoms with Crippen molar-refractivity contribution in [3.05, 3.63) is 58.3 Å². The van der Waals surface area contributed by atoms with Gasteiger partial charge in [-0.25, -0.2) is 4.79 Å². The molecule has 1 heterocycles. The molecule has 0 atom stereocenters. The molecule has 0 aliphatic rings. The molecule has 5 heteroatoms. The molecule has 4 nitrogen and oxygen atoms in total. The third-order valence-corrected chi connectivity index (χ3v) is 2.76. The van der Waals surface area contributed by atoms with Crippen molar-refractivity contribution in [3.8, 4) is 0 Å². The van der Waals surface area contributed by atoms with E-state index in [0.717, 1.165) is 4.47 Å². The molecule has 0 spiro atoms. The van der Waals surface area contributed by atoms with Gasteiger partial charge in [0.25, 0.3) is 0 Å². The summed E-state index contributed by atoms with van der Waals surface area (Å²) in [6.07, 6.45) is 1.66. The average molecular weight is 307 g/mol. The van der Waals surface area contributed by atoms with Crippen LogP contribution in [0.3, 0.4) is 0 Å². The second-order valence-electron chi connectivity index (χ2n) is 3.67. The summed E-state index contributed by atoms with van der Waals surface area (Å²) in [6.45, 7) is 0.149. The van der Waals surface area contributed by atoms with Crippen molar-refractivity contribution in [2.75, 3.05) is 5.73 Å². The van der Waals surface area contributed by atoms with Gasteiger partial charge in [-0.05, 0) is 52.3 Å². The lowest BCUT2D eigenvalue weighted by molar-refractivity contribution is 0.0468. The Labute approximate surface area is 113 Å². The summed E-state index contributed by atoms with van der Waals surface area (Å²) in [6, 6.07) is 10.2. The van der Waals surface area contributed by atoms with Crippen molar-refractivity contribution in [1.29, 1.82) is 0 Å². The molecule has 0 aliphatic heterocycles. The Kier molecular flexibility index (Phi) is 3.94. The van der Waals surface area contributed by atoms with Crippen molar-refractivity contribution < 1.29 is 9.53 Å². The van der Waals surface area contributed by atoms with Gasteiger partial charge in [0.1, 0.15) is 6.61 Å².